The standard InChI is InChI=1S/C32H40FN3O2/c1-3-4-20-35(32(38)27-16-12-25(2)13-17-27)24-31(37)36(29-9-6-5-7-10-29)23-30-11-8-21-34(30)22-26-14-18-28(33)19-15-26/h8,11-19,21,29H,3-7,9-10,20,22-24H2,1-2H3. The van der Waals surface area contributed by atoms with Gasteiger partial charge in [0.05, 0.1) is 6.54 Å². The molecule has 1 aliphatic rings. The fourth-order valence-corrected chi connectivity index (χ4v) is 5.26. The van der Waals surface area contributed by atoms with E-state index >= 15 is 0 Å². The molecule has 0 spiro atoms. The summed E-state index contributed by atoms with van der Waals surface area (Å²) in [5.41, 5.74) is 3.77. The number of benzene rings is 2. The highest BCUT2D eigenvalue weighted by atomic mass is 19.1. The van der Waals surface area contributed by atoms with Crippen molar-refractivity contribution in [2.75, 3.05) is 13.1 Å². The molecule has 0 atom stereocenters. The Bertz CT molecular complexity index is 1180. The Balaban J connectivity index is 1.54. The molecule has 4 rings (SSSR count). The predicted octanol–water partition coefficient (Wildman–Crippen LogP) is 6.59. The SMILES string of the molecule is CCCCN(CC(=O)N(Cc1cccn1Cc1ccc(F)cc1)C1CCCCC1)C(=O)c1ccc(C)cc1. The van der Waals surface area contributed by atoms with Gasteiger partial charge < -0.3 is 14.4 Å². The van der Waals surface area contributed by atoms with E-state index in [0.717, 1.165) is 55.3 Å². The Morgan fingerprint density at radius 3 is 2.37 bits per heavy atom. The zero-order chi connectivity index (χ0) is 26.9. The molecule has 202 valence electrons. The Kier molecular flexibility index (Phi) is 9.74. The minimum Gasteiger partial charge on any atom is -0.345 e. The fourth-order valence-electron chi connectivity index (χ4n) is 5.26. The fraction of sp³-hybridized carbons (Fsp3) is 0.438. The van der Waals surface area contributed by atoms with Crippen molar-refractivity contribution in [3.05, 3.63) is 95.1 Å². The molecule has 1 saturated carbocycles. The lowest BCUT2D eigenvalue weighted by atomic mass is 9.94. The van der Waals surface area contributed by atoms with Crippen LogP contribution in [0.2, 0.25) is 0 Å². The van der Waals surface area contributed by atoms with Gasteiger partial charge in [0.2, 0.25) is 5.91 Å². The quantitative estimate of drug-likeness (QED) is 0.288. The zero-order valence-corrected chi connectivity index (χ0v) is 22.7. The first kappa shape index (κ1) is 27.6. The van der Waals surface area contributed by atoms with Crippen LogP contribution in [-0.2, 0) is 17.9 Å². The van der Waals surface area contributed by atoms with Crippen molar-refractivity contribution in [2.24, 2.45) is 0 Å². The van der Waals surface area contributed by atoms with E-state index in [1.807, 2.05) is 48.4 Å². The molecule has 38 heavy (non-hydrogen) atoms. The van der Waals surface area contributed by atoms with Gasteiger partial charge in [-0.15, -0.1) is 0 Å². The van der Waals surface area contributed by atoms with Gasteiger partial charge in [0.25, 0.3) is 5.91 Å². The van der Waals surface area contributed by atoms with Gasteiger partial charge in [-0.05, 0) is 68.1 Å². The number of nitrogens with zero attached hydrogens (tertiary/aromatic N) is 3. The molecule has 0 bridgehead atoms. The normalized spacial score (nSPS) is 13.9. The van der Waals surface area contributed by atoms with Gasteiger partial charge in [-0.3, -0.25) is 9.59 Å². The smallest absolute Gasteiger partial charge is 0.254 e. The monoisotopic (exact) mass is 517 g/mol. The maximum atomic E-state index is 13.9. The van der Waals surface area contributed by atoms with Crippen molar-refractivity contribution in [2.45, 2.75) is 77.9 Å². The van der Waals surface area contributed by atoms with Crippen molar-refractivity contribution in [3.8, 4) is 0 Å². The third kappa shape index (κ3) is 7.33. The highest BCUT2D eigenvalue weighted by Crippen LogP contribution is 2.25. The summed E-state index contributed by atoms with van der Waals surface area (Å²) in [6.07, 6.45) is 9.24. The number of halogens is 1. The molecule has 1 fully saturated rings. The highest BCUT2D eigenvalue weighted by molar-refractivity contribution is 5.96. The minimum absolute atomic E-state index is 0.00277. The van der Waals surface area contributed by atoms with Crippen LogP contribution >= 0.6 is 0 Å². The number of amides is 2. The first-order valence-corrected chi connectivity index (χ1v) is 14.0. The Labute approximate surface area is 226 Å². The van der Waals surface area contributed by atoms with E-state index in [0.29, 0.717) is 25.2 Å². The zero-order valence-electron chi connectivity index (χ0n) is 22.7. The molecular weight excluding hydrogens is 477 g/mol. The lowest BCUT2D eigenvalue weighted by Gasteiger charge is -2.36. The van der Waals surface area contributed by atoms with Crippen LogP contribution in [0.1, 0.15) is 79.0 Å². The predicted molar refractivity (Wildman–Crippen MR) is 149 cm³/mol. The Morgan fingerprint density at radius 2 is 1.68 bits per heavy atom. The topological polar surface area (TPSA) is 45.6 Å². The summed E-state index contributed by atoms with van der Waals surface area (Å²) in [6.45, 7) is 5.86. The molecule has 3 aromatic rings. The van der Waals surface area contributed by atoms with Crippen molar-refractivity contribution in [1.82, 2.24) is 14.4 Å². The van der Waals surface area contributed by atoms with Crippen LogP contribution in [0.5, 0.6) is 0 Å². The average Bonchev–Trinajstić information content (AvgIpc) is 3.37. The second-order valence-electron chi connectivity index (χ2n) is 10.5. The summed E-state index contributed by atoms with van der Waals surface area (Å²) in [7, 11) is 0. The summed E-state index contributed by atoms with van der Waals surface area (Å²) < 4.78 is 15.5. The largest absolute Gasteiger partial charge is 0.345 e. The first-order valence-electron chi connectivity index (χ1n) is 14.0. The summed E-state index contributed by atoms with van der Waals surface area (Å²) in [4.78, 5) is 31.1. The van der Waals surface area contributed by atoms with Crippen molar-refractivity contribution in [1.29, 1.82) is 0 Å². The van der Waals surface area contributed by atoms with Crippen molar-refractivity contribution >= 4 is 11.8 Å². The van der Waals surface area contributed by atoms with Crippen LogP contribution in [0, 0.1) is 12.7 Å². The second kappa shape index (κ2) is 13.4. The molecule has 0 radical (unpaired) electrons. The number of carbonyl (C=O) groups is 2. The first-order chi connectivity index (χ1) is 18.4. The van der Waals surface area contributed by atoms with E-state index < -0.39 is 0 Å². The van der Waals surface area contributed by atoms with E-state index in [9.17, 15) is 14.0 Å². The number of rotatable bonds is 11. The molecule has 1 aliphatic carbocycles. The number of aryl methyl sites for hydroxylation is 1. The second-order valence-corrected chi connectivity index (χ2v) is 10.5. The van der Waals surface area contributed by atoms with Gasteiger partial charge in [0.15, 0.2) is 0 Å². The van der Waals surface area contributed by atoms with Crippen LogP contribution in [0.3, 0.4) is 0 Å². The Morgan fingerprint density at radius 1 is 0.974 bits per heavy atom. The lowest BCUT2D eigenvalue weighted by molar-refractivity contribution is -0.135. The minimum atomic E-state index is -0.247. The van der Waals surface area contributed by atoms with Crippen molar-refractivity contribution in [3.63, 3.8) is 0 Å². The molecule has 1 heterocycles. The van der Waals surface area contributed by atoms with Crippen LogP contribution in [0.4, 0.5) is 4.39 Å². The van der Waals surface area contributed by atoms with Crippen LogP contribution < -0.4 is 0 Å². The number of hydrogen-bond acceptors (Lipinski definition) is 2. The third-order valence-corrected chi connectivity index (χ3v) is 7.55. The average molecular weight is 518 g/mol. The van der Waals surface area contributed by atoms with Gasteiger partial charge in [0.1, 0.15) is 12.4 Å². The van der Waals surface area contributed by atoms with Gasteiger partial charge in [0, 0.05) is 36.6 Å². The van der Waals surface area contributed by atoms with Crippen molar-refractivity contribution < 1.29 is 14.0 Å². The van der Waals surface area contributed by atoms with Crippen LogP contribution in [0.15, 0.2) is 66.9 Å². The third-order valence-electron chi connectivity index (χ3n) is 7.55. The van der Waals surface area contributed by atoms with Gasteiger partial charge in [-0.1, -0.05) is 62.4 Å². The van der Waals surface area contributed by atoms with Gasteiger partial charge in [-0.25, -0.2) is 4.39 Å². The molecule has 0 aliphatic heterocycles. The number of aromatic nitrogens is 1. The molecular formula is C32H40FN3O2. The van der Waals surface area contributed by atoms with Gasteiger partial charge in [-0.2, -0.15) is 0 Å². The molecule has 0 N–H and O–H groups in total. The lowest BCUT2D eigenvalue weighted by Crippen LogP contribution is -2.47. The Hall–Kier alpha value is -3.41. The number of unbranched alkanes of at least 4 members (excludes halogenated alkanes) is 1. The van der Waals surface area contributed by atoms with E-state index in [1.165, 1.54) is 18.6 Å². The number of hydrogen-bond donors (Lipinski definition) is 0. The van der Waals surface area contributed by atoms with E-state index in [-0.39, 0.29) is 30.2 Å². The summed E-state index contributed by atoms with van der Waals surface area (Å²) in [5, 5.41) is 0. The maximum Gasteiger partial charge on any atom is 0.254 e. The molecule has 2 aromatic carbocycles. The van der Waals surface area contributed by atoms with E-state index in [2.05, 4.69) is 17.6 Å². The maximum absolute atomic E-state index is 13.9. The molecule has 0 unspecified atom stereocenters. The summed E-state index contributed by atoms with van der Waals surface area (Å²) in [6, 6.07) is 18.4. The van der Waals surface area contributed by atoms with Gasteiger partial charge >= 0.3 is 0 Å². The van der Waals surface area contributed by atoms with E-state index in [4.69, 9.17) is 0 Å². The van der Waals surface area contributed by atoms with E-state index in [1.54, 1.807) is 17.0 Å². The molecule has 2 amide bonds. The summed E-state index contributed by atoms with van der Waals surface area (Å²) in [5.74, 6) is -0.332. The summed E-state index contributed by atoms with van der Waals surface area (Å²) >= 11 is 0. The molecule has 5 nitrogen and oxygen atoms in total. The molecule has 6 heteroatoms. The van der Waals surface area contributed by atoms with Crippen LogP contribution in [-0.4, -0.2) is 45.3 Å². The van der Waals surface area contributed by atoms with Crippen LogP contribution in [0.25, 0.3) is 0 Å². The highest BCUT2D eigenvalue weighted by Gasteiger charge is 2.29. The number of carbonyl (C=O) groups excluding carboxylic acids is 2. The molecule has 0 saturated heterocycles. The molecule has 1 aromatic heterocycles.